The second kappa shape index (κ2) is 7.61. The Morgan fingerprint density at radius 3 is 2.64 bits per heavy atom. The van der Waals surface area contributed by atoms with E-state index in [4.69, 9.17) is 4.74 Å². The van der Waals surface area contributed by atoms with Gasteiger partial charge in [-0.2, -0.15) is 0 Å². The Bertz CT molecular complexity index is 872. The van der Waals surface area contributed by atoms with Crippen LogP contribution in [0.4, 0.5) is 5.69 Å². The molecule has 1 aromatic heterocycles. The Morgan fingerprint density at radius 2 is 2.00 bits per heavy atom. The van der Waals surface area contributed by atoms with Gasteiger partial charge in [-0.05, 0) is 31.0 Å². The molecule has 0 fully saturated rings. The van der Waals surface area contributed by atoms with Crippen molar-refractivity contribution in [3.8, 4) is 5.75 Å². The maximum absolute atomic E-state index is 12.3. The van der Waals surface area contributed by atoms with Crippen LogP contribution in [0.5, 0.6) is 5.75 Å². The molecular weight excluding hydrogens is 328 g/mol. The molecule has 1 heterocycles. The lowest BCUT2D eigenvalue weighted by Gasteiger charge is -2.11. The molecular formula is C17H18N2O6. The zero-order valence-corrected chi connectivity index (χ0v) is 14.1. The number of rotatable bonds is 6. The number of carbonyl (C=O) groups excluding carboxylic acids is 1. The van der Waals surface area contributed by atoms with E-state index < -0.39 is 16.5 Å². The molecule has 0 bridgehead atoms. The molecule has 0 aliphatic rings. The molecule has 0 atom stereocenters. The second-order valence-electron chi connectivity index (χ2n) is 5.48. The zero-order chi connectivity index (χ0) is 18.6. The van der Waals surface area contributed by atoms with E-state index in [2.05, 4.69) is 4.74 Å². The lowest BCUT2D eigenvalue weighted by Crippen LogP contribution is -2.29. The van der Waals surface area contributed by atoms with Gasteiger partial charge >= 0.3 is 5.97 Å². The van der Waals surface area contributed by atoms with Crippen LogP contribution in [0.2, 0.25) is 0 Å². The molecule has 8 heteroatoms. The van der Waals surface area contributed by atoms with Gasteiger partial charge in [-0.3, -0.25) is 14.9 Å². The van der Waals surface area contributed by atoms with Crippen molar-refractivity contribution in [2.24, 2.45) is 0 Å². The van der Waals surface area contributed by atoms with Gasteiger partial charge in [-0.1, -0.05) is 12.1 Å². The minimum Gasteiger partial charge on any atom is -0.491 e. The van der Waals surface area contributed by atoms with E-state index in [1.807, 2.05) is 32.0 Å². The molecule has 2 aromatic rings. The summed E-state index contributed by atoms with van der Waals surface area (Å²) in [4.78, 5) is 34.3. The molecule has 1 aromatic carbocycles. The first-order valence-electron chi connectivity index (χ1n) is 7.50. The second-order valence-corrected chi connectivity index (χ2v) is 5.48. The first kappa shape index (κ1) is 18.2. The van der Waals surface area contributed by atoms with Crippen molar-refractivity contribution in [3.63, 3.8) is 0 Å². The van der Waals surface area contributed by atoms with Gasteiger partial charge in [0.05, 0.1) is 24.8 Å². The molecule has 0 spiro atoms. The fourth-order valence-electron chi connectivity index (χ4n) is 2.26. The Morgan fingerprint density at radius 1 is 1.28 bits per heavy atom. The van der Waals surface area contributed by atoms with E-state index in [9.17, 15) is 19.7 Å². The van der Waals surface area contributed by atoms with Crippen LogP contribution in [0.15, 0.2) is 35.3 Å². The minimum atomic E-state index is -0.919. The molecule has 25 heavy (non-hydrogen) atoms. The van der Waals surface area contributed by atoms with E-state index in [-0.39, 0.29) is 24.4 Å². The number of benzene rings is 1. The third kappa shape index (κ3) is 4.23. The molecule has 0 saturated heterocycles. The highest BCUT2D eigenvalue weighted by Gasteiger charge is 2.19. The highest BCUT2D eigenvalue weighted by atomic mass is 16.6. The summed E-state index contributed by atoms with van der Waals surface area (Å²) in [7, 11) is 1.11. The third-order valence-corrected chi connectivity index (χ3v) is 3.62. The zero-order valence-electron chi connectivity index (χ0n) is 14.1. The van der Waals surface area contributed by atoms with Gasteiger partial charge in [0.25, 0.3) is 11.2 Å². The Hall–Kier alpha value is -3.16. The average molecular weight is 346 g/mol. The lowest BCUT2D eigenvalue weighted by atomic mass is 10.1. The summed E-state index contributed by atoms with van der Waals surface area (Å²) in [6.07, 6.45) is 1.08. The SMILES string of the molecule is COC(=O)c1cc([N+](=O)[O-])cn(CCOc2cc(C)ccc2C)c1=O. The monoisotopic (exact) mass is 346 g/mol. The van der Waals surface area contributed by atoms with E-state index >= 15 is 0 Å². The number of pyridine rings is 1. The molecule has 0 amide bonds. The first-order valence-corrected chi connectivity index (χ1v) is 7.50. The van der Waals surface area contributed by atoms with Crippen LogP contribution < -0.4 is 10.3 Å². The number of hydrogen-bond acceptors (Lipinski definition) is 6. The van der Waals surface area contributed by atoms with Gasteiger partial charge in [0.2, 0.25) is 0 Å². The van der Waals surface area contributed by atoms with Crippen LogP contribution in [0.3, 0.4) is 0 Å². The number of nitro groups is 1. The summed E-state index contributed by atoms with van der Waals surface area (Å²) in [5.74, 6) is -0.246. The van der Waals surface area contributed by atoms with Crippen LogP contribution in [-0.4, -0.2) is 29.2 Å². The number of nitrogens with zero attached hydrogens (tertiary/aromatic N) is 2. The quantitative estimate of drug-likeness (QED) is 0.452. The Labute approximate surface area is 143 Å². The Balaban J connectivity index is 2.25. The smallest absolute Gasteiger partial charge is 0.343 e. The molecule has 0 N–H and O–H groups in total. The van der Waals surface area contributed by atoms with Gasteiger partial charge < -0.3 is 14.0 Å². The number of hydrogen-bond donors (Lipinski definition) is 0. The standard InChI is InChI=1S/C17H18N2O6/c1-11-4-5-12(2)15(8-11)25-7-6-18-10-13(19(22)23)9-14(16(18)20)17(21)24-3/h4-5,8-10H,6-7H2,1-3H3. The number of methoxy groups -OCH3 is 1. The first-order chi connectivity index (χ1) is 11.8. The van der Waals surface area contributed by atoms with Gasteiger partial charge in [0.1, 0.15) is 17.9 Å². The molecule has 132 valence electrons. The summed E-state index contributed by atoms with van der Waals surface area (Å²) in [5.41, 5.74) is 0.547. The summed E-state index contributed by atoms with van der Waals surface area (Å²) in [6.45, 7) is 3.99. The number of ether oxygens (including phenoxy) is 2. The number of aromatic nitrogens is 1. The highest BCUT2D eigenvalue weighted by Crippen LogP contribution is 2.19. The topological polar surface area (TPSA) is 101 Å². The van der Waals surface area contributed by atoms with Crippen LogP contribution in [0.1, 0.15) is 21.5 Å². The summed E-state index contributed by atoms with van der Waals surface area (Å²) in [6, 6.07) is 6.65. The van der Waals surface area contributed by atoms with Crippen molar-refractivity contribution in [3.05, 3.63) is 67.6 Å². The fraction of sp³-hybridized carbons (Fsp3) is 0.294. The fourth-order valence-corrected chi connectivity index (χ4v) is 2.26. The van der Waals surface area contributed by atoms with Crippen molar-refractivity contribution in [2.45, 2.75) is 20.4 Å². The highest BCUT2D eigenvalue weighted by molar-refractivity contribution is 5.89. The van der Waals surface area contributed by atoms with Crippen molar-refractivity contribution in [1.29, 1.82) is 0 Å². The predicted octanol–water partition coefficient (Wildman–Crippen LogP) is 2.24. The number of aryl methyl sites for hydroxylation is 2. The maximum atomic E-state index is 12.3. The lowest BCUT2D eigenvalue weighted by molar-refractivity contribution is -0.385. The molecule has 0 unspecified atom stereocenters. The van der Waals surface area contributed by atoms with Gasteiger partial charge in [-0.15, -0.1) is 0 Å². The molecule has 0 radical (unpaired) electrons. The summed E-state index contributed by atoms with van der Waals surface area (Å²) in [5, 5.41) is 11.0. The summed E-state index contributed by atoms with van der Waals surface area (Å²) >= 11 is 0. The number of esters is 1. The normalized spacial score (nSPS) is 10.4. The van der Waals surface area contributed by atoms with Gasteiger partial charge in [0.15, 0.2) is 0 Å². The largest absolute Gasteiger partial charge is 0.491 e. The molecule has 8 nitrogen and oxygen atoms in total. The third-order valence-electron chi connectivity index (χ3n) is 3.62. The van der Waals surface area contributed by atoms with Crippen LogP contribution >= 0.6 is 0 Å². The van der Waals surface area contributed by atoms with Crippen molar-refractivity contribution >= 4 is 11.7 Å². The van der Waals surface area contributed by atoms with E-state index in [0.717, 1.165) is 35.1 Å². The minimum absolute atomic E-state index is 0.0535. The van der Waals surface area contributed by atoms with Crippen LogP contribution in [0, 0.1) is 24.0 Å². The number of carbonyl (C=O) groups is 1. The van der Waals surface area contributed by atoms with Gasteiger partial charge in [-0.25, -0.2) is 4.79 Å². The molecule has 0 aliphatic heterocycles. The summed E-state index contributed by atoms with van der Waals surface area (Å²) < 4.78 is 11.2. The van der Waals surface area contributed by atoms with Crippen molar-refractivity contribution in [1.82, 2.24) is 4.57 Å². The van der Waals surface area contributed by atoms with E-state index in [0.29, 0.717) is 5.75 Å². The Kier molecular flexibility index (Phi) is 5.53. The van der Waals surface area contributed by atoms with Crippen LogP contribution in [0.25, 0.3) is 0 Å². The van der Waals surface area contributed by atoms with Crippen molar-refractivity contribution < 1.29 is 19.2 Å². The van der Waals surface area contributed by atoms with Crippen LogP contribution in [-0.2, 0) is 11.3 Å². The average Bonchev–Trinajstić information content (AvgIpc) is 2.58. The maximum Gasteiger partial charge on any atom is 0.343 e. The predicted molar refractivity (Wildman–Crippen MR) is 90.1 cm³/mol. The molecule has 0 saturated carbocycles. The van der Waals surface area contributed by atoms with Gasteiger partial charge in [0, 0.05) is 6.07 Å². The van der Waals surface area contributed by atoms with Crippen molar-refractivity contribution in [2.75, 3.05) is 13.7 Å². The van der Waals surface area contributed by atoms with E-state index in [1.165, 1.54) is 0 Å². The van der Waals surface area contributed by atoms with E-state index in [1.54, 1.807) is 0 Å². The molecule has 0 aliphatic carbocycles. The molecule has 2 rings (SSSR count).